The highest BCUT2D eigenvalue weighted by atomic mass is 19.4. The highest BCUT2D eigenvalue weighted by molar-refractivity contribution is 5.25. The molecule has 0 radical (unpaired) electrons. The van der Waals surface area contributed by atoms with Crippen molar-refractivity contribution < 1.29 is 57.8 Å². The van der Waals surface area contributed by atoms with Crippen LogP contribution in [0, 0.1) is 17.3 Å². The Labute approximate surface area is 164 Å². The average molecular weight is 470 g/mol. The van der Waals surface area contributed by atoms with Gasteiger partial charge >= 0.3 is 18.5 Å². The van der Waals surface area contributed by atoms with Gasteiger partial charge in [-0.25, -0.2) is 13.2 Å². The standard InChI is InChI=1S/C10H9F9O.C7H13F3/c11-6(4-1-2-5(3-4)7(6,12)13)8(20,9(14,15)16)10(17,18)19;1-4-6(3,5-2)7(8,9)10/h4-5,20H,1-3H2;4-5H2,1-3H3. The smallest absolute Gasteiger partial charge is 0.371 e. The molecule has 30 heavy (non-hydrogen) atoms. The quantitative estimate of drug-likeness (QED) is 0.441. The first-order valence-corrected chi connectivity index (χ1v) is 9.07. The minimum atomic E-state index is -6.60. The Kier molecular flexibility index (Phi) is 6.89. The summed E-state index contributed by atoms with van der Waals surface area (Å²) in [5.74, 6) is -9.00. The van der Waals surface area contributed by atoms with E-state index in [1.165, 1.54) is 6.92 Å². The first-order chi connectivity index (χ1) is 13.1. The summed E-state index contributed by atoms with van der Waals surface area (Å²) in [7, 11) is 0. The molecule has 1 N–H and O–H groups in total. The number of halogens is 12. The maximum atomic E-state index is 14.4. The van der Waals surface area contributed by atoms with Crippen molar-refractivity contribution in [1.29, 1.82) is 0 Å². The number of aliphatic hydroxyl groups is 1. The average Bonchev–Trinajstić information content (AvgIpc) is 3.13. The molecule has 2 aliphatic rings. The zero-order valence-corrected chi connectivity index (χ0v) is 16.2. The van der Waals surface area contributed by atoms with Crippen LogP contribution in [0.1, 0.15) is 52.9 Å². The van der Waals surface area contributed by atoms with Crippen molar-refractivity contribution in [2.75, 3.05) is 0 Å². The molecule has 2 fully saturated rings. The minimum absolute atomic E-state index is 0.160. The zero-order valence-electron chi connectivity index (χ0n) is 16.2. The third-order valence-electron chi connectivity index (χ3n) is 6.59. The van der Waals surface area contributed by atoms with Crippen LogP contribution < -0.4 is 0 Å². The molecule has 0 aromatic carbocycles. The van der Waals surface area contributed by atoms with Gasteiger partial charge in [0.1, 0.15) is 0 Å². The van der Waals surface area contributed by atoms with Crippen LogP contribution in [-0.4, -0.2) is 40.8 Å². The molecule has 2 aliphatic carbocycles. The molecule has 3 unspecified atom stereocenters. The van der Waals surface area contributed by atoms with Crippen LogP contribution in [0.25, 0.3) is 0 Å². The lowest BCUT2D eigenvalue weighted by Gasteiger charge is -2.48. The van der Waals surface area contributed by atoms with Crippen LogP contribution >= 0.6 is 0 Å². The number of hydrogen-bond acceptors (Lipinski definition) is 1. The summed E-state index contributed by atoms with van der Waals surface area (Å²) in [5, 5.41) is 9.00. The minimum Gasteiger partial charge on any atom is -0.371 e. The summed E-state index contributed by atoms with van der Waals surface area (Å²) in [6.45, 7) is 4.39. The fraction of sp³-hybridized carbons (Fsp3) is 1.00. The van der Waals surface area contributed by atoms with E-state index in [1.54, 1.807) is 13.8 Å². The van der Waals surface area contributed by atoms with Gasteiger partial charge in [-0.15, -0.1) is 0 Å². The van der Waals surface area contributed by atoms with Crippen molar-refractivity contribution >= 4 is 0 Å². The Balaban J connectivity index is 0.000000382. The van der Waals surface area contributed by atoms with Crippen LogP contribution in [0.15, 0.2) is 0 Å². The molecular weight excluding hydrogens is 448 g/mol. The Hall–Kier alpha value is -0.880. The summed E-state index contributed by atoms with van der Waals surface area (Å²) in [5.41, 5.74) is -12.7. The Morgan fingerprint density at radius 3 is 1.30 bits per heavy atom. The predicted octanol–water partition coefficient (Wildman–Crippen LogP) is 6.99. The van der Waals surface area contributed by atoms with E-state index in [0.717, 1.165) is 0 Å². The van der Waals surface area contributed by atoms with Gasteiger partial charge in [0.15, 0.2) is 0 Å². The second-order valence-corrected chi connectivity index (χ2v) is 8.01. The normalized spacial score (nSPS) is 29.6. The lowest BCUT2D eigenvalue weighted by Crippen LogP contribution is -2.76. The Morgan fingerprint density at radius 1 is 0.733 bits per heavy atom. The summed E-state index contributed by atoms with van der Waals surface area (Å²) in [4.78, 5) is 0. The maximum Gasteiger partial charge on any atom is 0.429 e. The molecule has 1 nitrogen and oxygen atoms in total. The molecule has 3 atom stereocenters. The predicted molar refractivity (Wildman–Crippen MR) is 81.4 cm³/mol. The van der Waals surface area contributed by atoms with Gasteiger partial charge in [-0.05, 0) is 32.1 Å². The van der Waals surface area contributed by atoms with Crippen molar-refractivity contribution in [1.82, 2.24) is 0 Å². The van der Waals surface area contributed by atoms with E-state index in [0.29, 0.717) is 0 Å². The van der Waals surface area contributed by atoms with E-state index < -0.39 is 65.8 Å². The molecule has 0 aromatic rings. The van der Waals surface area contributed by atoms with Crippen molar-refractivity contribution in [3.05, 3.63) is 0 Å². The molecule has 0 saturated heterocycles. The second-order valence-electron chi connectivity index (χ2n) is 8.01. The lowest BCUT2D eigenvalue weighted by atomic mass is 9.70. The fourth-order valence-electron chi connectivity index (χ4n) is 4.00. The summed E-state index contributed by atoms with van der Waals surface area (Å²) >= 11 is 0. The molecule has 0 spiro atoms. The fourth-order valence-corrected chi connectivity index (χ4v) is 4.00. The molecular formula is C17H22F12O. The van der Waals surface area contributed by atoms with Crippen molar-refractivity contribution in [2.45, 2.75) is 88.6 Å². The highest BCUT2D eigenvalue weighted by Crippen LogP contribution is 2.69. The van der Waals surface area contributed by atoms with Gasteiger partial charge in [0, 0.05) is 11.8 Å². The van der Waals surface area contributed by atoms with Gasteiger partial charge in [0.05, 0.1) is 5.41 Å². The van der Waals surface area contributed by atoms with E-state index in [2.05, 4.69) is 0 Å². The lowest BCUT2D eigenvalue weighted by molar-refractivity contribution is -0.430. The number of rotatable bonds is 3. The molecule has 2 bridgehead atoms. The van der Waals surface area contributed by atoms with Crippen LogP contribution in [0.3, 0.4) is 0 Å². The largest absolute Gasteiger partial charge is 0.429 e. The maximum absolute atomic E-state index is 14.4. The van der Waals surface area contributed by atoms with Gasteiger partial charge < -0.3 is 5.11 Å². The molecule has 0 amide bonds. The third-order valence-corrected chi connectivity index (χ3v) is 6.59. The van der Waals surface area contributed by atoms with Crippen molar-refractivity contribution in [3.63, 3.8) is 0 Å². The third kappa shape index (κ3) is 3.66. The molecule has 0 aromatic heterocycles. The monoisotopic (exact) mass is 470 g/mol. The van der Waals surface area contributed by atoms with E-state index in [9.17, 15) is 52.7 Å². The van der Waals surface area contributed by atoms with Gasteiger partial charge in [-0.3, -0.25) is 0 Å². The Morgan fingerprint density at radius 2 is 1.10 bits per heavy atom. The van der Waals surface area contributed by atoms with Crippen LogP contribution in [0.5, 0.6) is 0 Å². The molecule has 13 heteroatoms. The highest BCUT2D eigenvalue weighted by Gasteiger charge is 2.91. The Bertz CT molecular complexity index is 587. The van der Waals surface area contributed by atoms with E-state index in [-0.39, 0.29) is 19.3 Å². The van der Waals surface area contributed by atoms with Crippen molar-refractivity contribution in [2.24, 2.45) is 17.3 Å². The number of alkyl halides is 12. The molecule has 180 valence electrons. The molecule has 2 saturated carbocycles. The topological polar surface area (TPSA) is 20.2 Å². The van der Waals surface area contributed by atoms with Gasteiger partial charge in [0.25, 0.3) is 11.5 Å². The van der Waals surface area contributed by atoms with E-state index in [1.807, 2.05) is 0 Å². The van der Waals surface area contributed by atoms with Crippen LogP contribution in [-0.2, 0) is 0 Å². The van der Waals surface area contributed by atoms with Crippen LogP contribution in [0.2, 0.25) is 0 Å². The summed E-state index contributed by atoms with van der Waals surface area (Å²) in [6.07, 6.45) is -18.7. The summed E-state index contributed by atoms with van der Waals surface area (Å²) < 4.78 is 154. The van der Waals surface area contributed by atoms with Crippen molar-refractivity contribution in [3.8, 4) is 0 Å². The van der Waals surface area contributed by atoms with Gasteiger partial charge in [0.2, 0.25) is 5.67 Å². The second kappa shape index (κ2) is 7.61. The first-order valence-electron chi connectivity index (χ1n) is 9.07. The summed E-state index contributed by atoms with van der Waals surface area (Å²) in [6, 6.07) is 0. The molecule has 0 heterocycles. The number of hydrogen-bond donors (Lipinski definition) is 1. The number of fused-ring (bicyclic) bond motifs is 2. The molecule has 2 rings (SSSR count). The van der Waals surface area contributed by atoms with E-state index in [4.69, 9.17) is 5.11 Å². The van der Waals surface area contributed by atoms with Gasteiger partial charge in [-0.2, -0.15) is 39.5 Å². The molecule has 0 aliphatic heterocycles. The van der Waals surface area contributed by atoms with Gasteiger partial charge in [-0.1, -0.05) is 20.8 Å². The van der Waals surface area contributed by atoms with E-state index >= 15 is 0 Å². The zero-order chi connectivity index (χ0) is 24.2. The SMILES string of the molecule is CCC(C)(CC)C(F)(F)F.OC(C(F)(F)F)(C(F)(F)F)C1(F)C2CCC(C2)C1(F)F. The van der Waals surface area contributed by atoms with Crippen LogP contribution in [0.4, 0.5) is 52.7 Å². The first kappa shape index (κ1) is 27.2.